The monoisotopic (exact) mass is 176 g/mol. The van der Waals surface area contributed by atoms with Crippen molar-refractivity contribution in [2.24, 2.45) is 10.8 Å². The summed E-state index contributed by atoms with van der Waals surface area (Å²) in [6.07, 6.45) is 0. The minimum atomic E-state index is -0.436. The quantitative estimate of drug-likeness (QED) is 0.573. The molecule has 0 saturated heterocycles. The number of carbonyl (C=O) groups is 1. The summed E-state index contributed by atoms with van der Waals surface area (Å²) in [6, 6.07) is 0. The molecule has 0 aromatic carbocycles. The summed E-state index contributed by atoms with van der Waals surface area (Å²) in [6.45, 7) is 9.84. The lowest BCUT2D eigenvalue weighted by Gasteiger charge is -2.35. The predicted octanol–water partition coefficient (Wildman–Crippen LogP) is 2.39. The van der Waals surface area contributed by atoms with E-state index in [1.54, 1.807) is 0 Å². The summed E-state index contributed by atoms with van der Waals surface area (Å²) in [5, 5.41) is 0. The molecule has 1 unspecified atom stereocenters. The van der Waals surface area contributed by atoms with Gasteiger partial charge in [0.1, 0.15) is 0 Å². The molecule has 0 amide bonds. The van der Waals surface area contributed by atoms with Crippen molar-refractivity contribution in [2.45, 2.75) is 34.6 Å². The molecule has 3 heteroatoms. The summed E-state index contributed by atoms with van der Waals surface area (Å²) in [7, 11) is 1.99. The molecule has 0 rings (SSSR count). The molecule has 0 aliphatic rings. The zero-order valence-corrected chi connectivity index (χ0v) is 9.05. The molecule has 0 heterocycles. The number of carbonyl (C=O) groups excluding carboxylic acids is 1. The van der Waals surface area contributed by atoms with Crippen LogP contribution in [0.25, 0.3) is 0 Å². The molecule has 0 aromatic heterocycles. The molecule has 0 radical (unpaired) electrons. The van der Waals surface area contributed by atoms with E-state index >= 15 is 0 Å². The third-order valence-electron chi connectivity index (χ3n) is 2.49. The molecule has 0 bridgehead atoms. The third kappa shape index (κ3) is 2.16. The van der Waals surface area contributed by atoms with E-state index in [0.29, 0.717) is 0 Å². The van der Waals surface area contributed by atoms with Gasteiger partial charge in [0.2, 0.25) is 0 Å². The predicted molar refractivity (Wildman–Crippen MR) is 49.0 cm³/mol. The maximum absolute atomic E-state index is 11.2. The summed E-state index contributed by atoms with van der Waals surface area (Å²) >= 11 is 0. The van der Waals surface area contributed by atoms with Crippen molar-refractivity contribution >= 4 is 15.4 Å². The average molecular weight is 176 g/mol. The number of hydrogen-bond acceptors (Lipinski definition) is 2. The summed E-state index contributed by atoms with van der Waals surface area (Å²) in [4.78, 5) is 11.2. The van der Waals surface area contributed by atoms with E-state index in [1.165, 1.54) is 0 Å². The third-order valence-corrected chi connectivity index (χ3v) is 2.71. The van der Waals surface area contributed by atoms with Crippen LogP contribution in [0, 0.1) is 10.8 Å². The lowest BCUT2D eigenvalue weighted by atomic mass is 9.69. The average Bonchev–Trinajstić information content (AvgIpc) is 1.83. The van der Waals surface area contributed by atoms with Gasteiger partial charge in [-0.3, -0.25) is 4.79 Å². The van der Waals surface area contributed by atoms with Crippen molar-refractivity contribution in [1.29, 1.82) is 0 Å². The number of hydrogen-bond donors (Lipinski definition) is 0. The lowest BCUT2D eigenvalue weighted by Crippen LogP contribution is -2.37. The minimum Gasteiger partial charge on any atom is -0.451 e. The molecule has 0 fully saturated rings. The van der Waals surface area contributed by atoms with Crippen molar-refractivity contribution in [2.75, 3.05) is 0 Å². The van der Waals surface area contributed by atoms with Gasteiger partial charge < -0.3 is 4.52 Å². The minimum absolute atomic E-state index is 0.0688. The first kappa shape index (κ1) is 10.9. The summed E-state index contributed by atoms with van der Waals surface area (Å²) < 4.78 is 4.62. The SMILES string of the molecule is CC(C)(C)C(C)(C)C(=O)OP. The molecule has 0 aromatic rings. The largest absolute Gasteiger partial charge is 0.451 e. The highest BCUT2D eigenvalue weighted by Crippen LogP contribution is 2.39. The first-order valence-corrected chi connectivity index (χ1v) is 4.12. The normalized spacial score (nSPS) is 12.9. The first-order valence-electron chi connectivity index (χ1n) is 3.64. The van der Waals surface area contributed by atoms with Gasteiger partial charge in [-0.2, -0.15) is 0 Å². The molecule has 66 valence electrons. The van der Waals surface area contributed by atoms with Gasteiger partial charge in [0, 0.05) is 0 Å². The van der Waals surface area contributed by atoms with Crippen LogP contribution in [0.2, 0.25) is 0 Å². The van der Waals surface area contributed by atoms with E-state index in [-0.39, 0.29) is 11.4 Å². The summed E-state index contributed by atoms with van der Waals surface area (Å²) in [5.41, 5.74) is -0.505. The fourth-order valence-corrected chi connectivity index (χ4v) is 0.748. The Labute approximate surface area is 71.0 Å². The van der Waals surface area contributed by atoms with E-state index in [0.717, 1.165) is 0 Å². The van der Waals surface area contributed by atoms with Crippen LogP contribution in [-0.2, 0) is 9.32 Å². The Balaban J connectivity index is 4.59. The standard InChI is InChI=1S/C8H17O2P/c1-7(2,3)8(4,5)6(9)10-11/h11H2,1-5H3. The van der Waals surface area contributed by atoms with Gasteiger partial charge in [-0.25, -0.2) is 0 Å². The van der Waals surface area contributed by atoms with E-state index in [4.69, 9.17) is 0 Å². The maximum atomic E-state index is 11.2. The Hall–Kier alpha value is -0.100. The van der Waals surface area contributed by atoms with Gasteiger partial charge in [-0.15, -0.1) is 0 Å². The molecule has 0 aliphatic carbocycles. The van der Waals surface area contributed by atoms with Gasteiger partial charge in [0.05, 0.1) is 14.9 Å². The lowest BCUT2D eigenvalue weighted by molar-refractivity contribution is -0.148. The topological polar surface area (TPSA) is 26.3 Å². The Bertz CT molecular complexity index is 156. The van der Waals surface area contributed by atoms with Crippen LogP contribution < -0.4 is 0 Å². The van der Waals surface area contributed by atoms with Crippen LogP contribution in [-0.4, -0.2) is 5.97 Å². The van der Waals surface area contributed by atoms with Crippen LogP contribution in [0.4, 0.5) is 0 Å². The second kappa shape index (κ2) is 3.10. The fourth-order valence-electron chi connectivity index (χ4n) is 0.454. The molecule has 0 aliphatic heterocycles. The molecule has 11 heavy (non-hydrogen) atoms. The summed E-state index contributed by atoms with van der Waals surface area (Å²) in [5.74, 6) is -0.185. The Morgan fingerprint density at radius 1 is 1.18 bits per heavy atom. The zero-order chi connectivity index (χ0) is 9.28. The highest BCUT2D eigenvalue weighted by atomic mass is 31.0. The van der Waals surface area contributed by atoms with Gasteiger partial charge in [0.15, 0.2) is 0 Å². The van der Waals surface area contributed by atoms with Gasteiger partial charge in [-0.05, 0) is 19.3 Å². The Morgan fingerprint density at radius 3 is 1.64 bits per heavy atom. The zero-order valence-electron chi connectivity index (χ0n) is 7.89. The van der Waals surface area contributed by atoms with E-state index in [9.17, 15) is 4.79 Å². The highest BCUT2D eigenvalue weighted by Gasteiger charge is 2.40. The van der Waals surface area contributed by atoms with Crippen molar-refractivity contribution in [3.8, 4) is 0 Å². The number of rotatable bonds is 1. The fraction of sp³-hybridized carbons (Fsp3) is 0.875. The van der Waals surface area contributed by atoms with Crippen LogP contribution in [0.15, 0.2) is 0 Å². The van der Waals surface area contributed by atoms with Gasteiger partial charge in [-0.1, -0.05) is 20.8 Å². The van der Waals surface area contributed by atoms with Crippen molar-refractivity contribution in [1.82, 2.24) is 0 Å². The molecule has 0 saturated carbocycles. The second-order valence-electron chi connectivity index (χ2n) is 4.28. The van der Waals surface area contributed by atoms with Crippen molar-refractivity contribution < 1.29 is 9.32 Å². The van der Waals surface area contributed by atoms with Crippen LogP contribution in [0.5, 0.6) is 0 Å². The van der Waals surface area contributed by atoms with E-state index in [1.807, 2.05) is 44.1 Å². The van der Waals surface area contributed by atoms with Crippen LogP contribution >= 0.6 is 9.47 Å². The molecular weight excluding hydrogens is 159 g/mol. The van der Waals surface area contributed by atoms with Crippen LogP contribution in [0.1, 0.15) is 34.6 Å². The molecule has 0 spiro atoms. The van der Waals surface area contributed by atoms with Gasteiger partial charge in [0.25, 0.3) is 0 Å². The van der Waals surface area contributed by atoms with Gasteiger partial charge >= 0.3 is 5.97 Å². The first-order chi connectivity index (χ1) is 4.73. The van der Waals surface area contributed by atoms with Crippen molar-refractivity contribution in [3.63, 3.8) is 0 Å². The molecular formula is C8H17O2P. The highest BCUT2D eigenvalue weighted by molar-refractivity contribution is 7.10. The Morgan fingerprint density at radius 2 is 1.55 bits per heavy atom. The smallest absolute Gasteiger partial charge is 0.314 e. The molecule has 2 nitrogen and oxygen atoms in total. The van der Waals surface area contributed by atoms with E-state index in [2.05, 4.69) is 4.52 Å². The van der Waals surface area contributed by atoms with E-state index < -0.39 is 5.41 Å². The Kier molecular flexibility index (Phi) is 3.07. The van der Waals surface area contributed by atoms with Crippen molar-refractivity contribution in [3.05, 3.63) is 0 Å². The maximum Gasteiger partial charge on any atom is 0.314 e. The molecule has 1 atom stereocenters. The van der Waals surface area contributed by atoms with Crippen LogP contribution in [0.3, 0.4) is 0 Å². The second-order valence-corrected chi connectivity index (χ2v) is 4.52. The molecule has 0 N–H and O–H groups in total.